The molecular weight excluding hydrogens is 136 g/mol. The Balaban J connectivity index is 2.00. The molecule has 0 spiro atoms. The van der Waals surface area contributed by atoms with Crippen molar-refractivity contribution in [3.8, 4) is 0 Å². The van der Waals surface area contributed by atoms with E-state index in [4.69, 9.17) is 4.74 Å². The Labute approximate surface area is 67.7 Å². The number of allylic oxidation sites excluding steroid dienone is 1. The first-order valence-electron chi connectivity index (χ1n) is 4.27. The van der Waals surface area contributed by atoms with Crippen molar-refractivity contribution in [1.29, 1.82) is 0 Å². The lowest BCUT2D eigenvalue weighted by Gasteiger charge is -2.21. The van der Waals surface area contributed by atoms with Gasteiger partial charge in [-0.1, -0.05) is 18.7 Å². The van der Waals surface area contributed by atoms with Crippen LogP contribution in [-0.2, 0) is 4.74 Å². The zero-order chi connectivity index (χ0) is 7.73. The SMILES string of the molecule is C=COCC12C=CC(CC1)C2. The predicted octanol–water partition coefficient (Wildman–Crippen LogP) is 2.50. The topological polar surface area (TPSA) is 9.23 Å². The van der Waals surface area contributed by atoms with Crippen LogP contribution in [0.1, 0.15) is 19.3 Å². The summed E-state index contributed by atoms with van der Waals surface area (Å²) in [6, 6.07) is 0. The third-order valence-electron chi connectivity index (χ3n) is 2.89. The summed E-state index contributed by atoms with van der Waals surface area (Å²) < 4.78 is 5.25. The predicted molar refractivity (Wildman–Crippen MR) is 45.1 cm³/mol. The van der Waals surface area contributed by atoms with Gasteiger partial charge in [0, 0.05) is 5.41 Å². The first-order valence-corrected chi connectivity index (χ1v) is 4.27. The molecule has 1 heteroatoms. The third-order valence-corrected chi connectivity index (χ3v) is 2.89. The Morgan fingerprint density at radius 2 is 2.64 bits per heavy atom. The summed E-state index contributed by atoms with van der Waals surface area (Å²) in [4.78, 5) is 0. The minimum Gasteiger partial charge on any atom is -0.501 e. The van der Waals surface area contributed by atoms with Gasteiger partial charge in [-0.2, -0.15) is 0 Å². The second-order valence-electron chi connectivity index (χ2n) is 3.70. The van der Waals surface area contributed by atoms with Gasteiger partial charge in [0.05, 0.1) is 12.9 Å². The van der Waals surface area contributed by atoms with Crippen LogP contribution in [0.25, 0.3) is 0 Å². The summed E-state index contributed by atoms with van der Waals surface area (Å²) in [5.41, 5.74) is 0.388. The van der Waals surface area contributed by atoms with Crippen LogP contribution in [0, 0.1) is 11.3 Å². The zero-order valence-electron chi connectivity index (χ0n) is 6.75. The van der Waals surface area contributed by atoms with Crippen LogP contribution in [0.5, 0.6) is 0 Å². The molecule has 0 saturated heterocycles. The number of rotatable bonds is 3. The van der Waals surface area contributed by atoms with E-state index in [2.05, 4.69) is 18.7 Å². The monoisotopic (exact) mass is 150 g/mol. The summed E-state index contributed by atoms with van der Waals surface area (Å²) in [5, 5.41) is 0. The Kier molecular flexibility index (Phi) is 1.52. The third kappa shape index (κ3) is 1.09. The van der Waals surface area contributed by atoms with Crippen molar-refractivity contribution in [2.45, 2.75) is 19.3 Å². The molecule has 0 aliphatic heterocycles. The van der Waals surface area contributed by atoms with Crippen molar-refractivity contribution < 1.29 is 4.74 Å². The van der Waals surface area contributed by atoms with Crippen LogP contribution >= 0.6 is 0 Å². The highest BCUT2D eigenvalue weighted by molar-refractivity contribution is 5.15. The second kappa shape index (κ2) is 2.40. The quantitative estimate of drug-likeness (QED) is 0.443. The van der Waals surface area contributed by atoms with E-state index >= 15 is 0 Å². The van der Waals surface area contributed by atoms with E-state index in [1.54, 1.807) is 6.26 Å². The number of ether oxygens (including phenoxy) is 1. The Morgan fingerprint density at radius 1 is 1.73 bits per heavy atom. The van der Waals surface area contributed by atoms with E-state index < -0.39 is 0 Å². The number of hydrogen-bond acceptors (Lipinski definition) is 1. The van der Waals surface area contributed by atoms with Crippen LogP contribution in [0.15, 0.2) is 25.0 Å². The minimum absolute atomic E-state index is 0.388. The fourth-order valence-corrected chi connectivity index (χ4v) is 2.26. The van der Waals surface area contributed by atoms with Crippen LogP contribution in [0.4, 0.5) is 0 Å². The summed E-state index contributed by atoms with van der Waals surface area (Å²) in [6.07, 6.45) is 10.2. The van der Waals surface area contributed by atoms with Gasteiger partial charge in [-0.3, -0.25) is 0 Å². The maximum atomic E-state index is 5.25. The lowest BCUT2D eigenvalue weighted by molar-refractivity contribution is 0.153. The summed E-state index contributed by atoms with van der Waals surface area (Å²) in [7, 11) is 0. The van der Waals surface area contributed by atoms with E-state index in [0.29, 0.717) is 5.41 Å². The molecule has 0 radical (unpaired) electrons. The average molecular weight is 150 g/mol. The highest BCUT2D eigenvalue weighted by Gasteiger charge is 2.40. The van der Waals surface area contributed by atoms with Crippen molar-refractivity contribution >= 4 is 0 Å². The first-order chi connectivity index (χ1) is 5.35. The first kappa shape index (κ1) is 6.96. The molecule has 1 fully saturated rings. The molecule has 1 nitrogen and oxygen atoms in total. The lowest BCUT2D eigenvalue weighted by Crippen LogP contribution is -2.17. The number of fused-ring (bicyclic) bond motifs is 2. The summed E-state index contributed by atoms with van der Waals surface area (Å²) >= 11 is 0. The molecule has 2 rings (SSSR count). The van der Waals surface area contributed by atoms with E-state index in [0.717, 1.165) is 12.5 Å². The van der Waals surface area contributed by atoms with Crippen molar-refractivity contribution in [2.75, 3.05) is 6.61 Å². The molecule has 60 valence electrons. The molecule has 2 aliphatic rings. The van der Waals surface area contributed by atoms with Gasteiger partial charge in [0.2, 0.25) is 0 Å². The van der Waals surface area contributed by atoms with E-state index in [1.807, 2.05) is 0 Å². The highest BCUT2D eigenvalue weighted by atomic mass is 16.5. The Hall–Kier alpha value is -0.720. The maximum absolute atomic E-state index is 5.25. The van der Waals surface area contributed by atoms with Gasteiger partial charge >= 0.3 is 0 Å². The molecule has 0 aromatic heterocycles. The van der Waals surface area contributed by atoms with Gasteiger partial charge in [0.25, 0.3) is 0 Å². The van der Waals surface area contributed by atoms with Crippen molar-refractivity contribution in [3.05, 3.63) is 25.0 Å². The molecule has 0 aromatic rings. The molecule has 0 aromatic carbocycles. The van der Waals surface area contributed by atoms with Crippen LogP contribution < -0.4 is 0 Å². The Morgan fingerprint density at radius 3 is 3.09 bits per heavy atom. The molecule has 1 saturated carbocycles. The molecule has 0 amide bonds. The molecule has 2 unspecified atom stereocenters. The highest BCUT2D eigenvalue weighted by Crippen LogP contribution is 2.49. The molecule has 2 aliphatic carbocycles. The minimum atomic E-state index is 0.388. The second-order valence-corrected chi connectivity index (χ2v) is 3.70. The van der Waals surface area contributed by atoms with Gasteiger partial charge in [-0.15, -0.1) is 0 Å². The van der Waals surface area contributed by atoms with Crippen LogP contribution in [-0.4, -0.2) is 6.61 Å². The normalized spacial score (nSPS) is 39.5. The largest absolute Gasteiger partial charge is 0.501 e. The fourth-order valence-electron chi connectivity index (χ4n) is 2.26. The molecule has 11 heavy (non-hydrogen) atoms. The van der Waals surface area contributed by atoms with E-state index in [1.165, 1.54) is 19.3 Å². The average Bonchev–Trinajstić information content (AvgIpc) is 2.60. The van der Waals surface area contributed by atoms with E-state index in [-0.39, 0.29) is 0 Å². The summed E-state index contributed by atoms with van der Waals surface area (Å²) in [6.45, 7) is 4.39. The maximum Gasteiger partial charge on any atom is 0.0963 e. The smallest absolute Gasteiger partial charge is 0.0963 e. The molecule has 2 atom stereocenters. The number of hydrogen-bond donors (Lipinski definition) is 0. The van der Waals surface area contributed by atoms with Crippen molar-refractivity contribution in [3.63, 3.8) is 0 Å². The molecular formula is C10H14O. The Bertz CT molecular complexity index is 195. The van der Waals surface area contributed by atoms with E-state index in [9.17, 15) is 0 Å². The summed E-state index contributed by atoms with van der Waals surface area (Å²) in [5.74, 6) is 0.850. The zero-order valence-corrected chi connectivity index (χ0v) is 6.75. The molecule has 0 N–H and O–H groups in total. The fraction of sp³-hybridized carbons (Fsp3) is 0.600. The van der Waals surface area contributed by atoms with Gasteiger partial charge in [0.1, 0.15) is 0 Å². The van der Waals surface area contributed by atoms with Crippen molar-refractivity contribution in [1.82, 2.24) is 0 Å². The van der Waals surface area contributed by atoms with Gasteiger partial charge in [0.15, 0.2) is 0 Å². The van der Waals surface area contributed by atoms with Gasteiger partial charge in [-0.05, 0) is 25.2 Å². The molecule has 2 bridgehead atoms. The van der Waals surface area contributed by atoms with Crippen molar-refractivity contribution in [2.24, 2.45) is 11.3 Å². The lowest BCUT2D eigenvalue weighted by atomic mass is 9.89. The van der Waals surface area contributed by atoms with Gasteiger partial charge < -0.3 is 4.74 Å². The van der Waals surface area contributed by atoms with Gasteiger partial charge in [-0.25, -0.2) is 0 Å². The van der Waals surface area contributed by atoms with Crippen LogP contribution in [0.3, 0.4) is 0 Å². The molecule has 0 heterocycles. The standard InChI is InChI=1S/C10H14O/c1-2-11-8-10-5-3-9(7-10)4-6-10/h2-3,5,9H,1,4,6-8H2. The van der Waals surface area contributed by atoms with Crippen LogP contribution in [0.2, 0.25) is 0 Å².